The number of nitrogens with two attached hydrogens (primary N) is 2. The van der Waals surface area contributed by atoms with E-state index >= 15 is 0 Å². The van der Waals surface area contributed by atoms with Gasteiger partial charge in [-0.3, -0.25) is 9.59 Å². The van der Waals surface area contributed by atoms with Gasteiger partial charge in [0.25, 0.3) is 0 Å². The maximum absolute atomic E-state index is 12.4. The van der Waals surface area contributed by atoms with Gasteiger partial charge < -0.3 is 21.4 Å². The summed E-state index contributed by atoms with van der Waals surface area (Å²) in [6.45, 7) is 0. The lowest BCUT2D eigenvalue weighted by molar-refractivity contribution is -0.134. The Morgan fingerprint density at radius 2 is 1.97 bits per heavy atom. The maximum atomic E-state index is 12.4. The van der Waals surface area contributed by atoms with Crippen LogP contribution in [-0.2, 0) is 16.0 Å². The van der Waals surface area contributed by atoms with E-state index in [1.165, 1.54) is 23.8 Å². The van der Waals surface area contributed by atoms with E-state index in [1.807, 2.05) is 0 Å². The minimum absolute atomic E-state index is 0.439. The molecule has 0 aliphatic heterocycles. The van der Waals surface area contributed by atoms with Gasteiger partial charge in [-0.1, -0.05) is 30.4 Å². The highest BCUT2D eigenvalue weighted by atomic mass is 16.2. The third-order valence-electron chi connectivity index (χ3n) is 7.02. The number of primary amides is 2. The van der Waals surface area contributed by atoms with Gasteiger partial charge in [0.2, 0.25) is 11.8 Å². The molecule has 0 radical (unpaired) electrons. The molecule has 2 aromatic rings. The average Bonchev–Trinajstić information content (AvgIpc) is 3.08. The molecule has 2 aliphatic rings. The standard InChI is InChI=1S/C24H30N4O2/c1-28(2)17-12-16(13-17)19-14-27-21-7-6-15(11-18(19)21)8-10-24(23(26)30)9-4-3-5-20(24)22(25)29/h3-7,9,11,14,16-17,20,27H,8,10,12-13H2,1-2H3,(H2,25,29)(H2,26,30). The first-order valence-corrected chi connectivity index (χ1v) is 10.5. The summed E-state index contributed by atoms with van der Waals surface area (Å²) in [6, 6.07) is 7.02. The Hall–Kier alpha value is -2.86. The highest BCUT2D eigenvalue weighted by Crippen LogP contribution is 2.42. The third-order valence-corrected chi connectivity index (χ3v) is 7.02. The van der Waals surface area contributed by atoms with E-state index in [9.17, 15) is 9.59 Å². The Balaban J connectivity index is 1.56. The van der Waals surface area contributed by atoms with Crippen LogP contribution in [0.25, 0.3) is 10.9 Å². The predicted octanol–water partition coefficient (Wildman–Crippen LogP) is 2.61. The summed E-state index contributed by atoms with van der Waals surface area (Å²) in [6.07, 6.45) is 12.5. The van der Waals surface area contributed by atoms with Crippen molar-refractivity contribution < 1.29 is 9.59 Å². The van der Waals surface area contributed by atoms with Crippen LogP contribution in [-0.4, -0.2) is 41.8 Å². The number of aromatic nitrogens is 1. The fraction of sp³-hybridized carbons (Fsp3) is 0.417. The second-order valence-electron chi connectivity index (χ2n) is 8.94. The van der Waals surface area contributed by atoms with E-state index in [1.54, 1.807) is 24.3 Å². The van der Waals surface area contributed by atoms with Crippen molar-refractivity contribution >= 4 is 22.7 Å². The number of hydrogen-bond acceptors (Lipinski definition) is 3. The van der Waals surface area contributed by atoms with Crippen molar-refractivity contribution in [3.05, 3.63) is 59.8 Å². The van der Waals surface area contributed by atoms with Gasteiger partial charge in [-0.15, -0.1) is 0 Å². The molecule has 0 bridgehead atoms. The van der Waals surface area contributed by atoms with Gasteiger partial charge in [0.1, 0.15) is 0 Å². The van der Waals surface area contributed by atoms with Gasteiger partial charge in [0, 0.05) is 23.1 Å². The van der Waals surface area contributed by atoms with E-state index in [0.29, 0.717) is 24.8 Å². The van der Waals surface area contributed by atoms with Crippen LogP contribution in [0.15, 0.2) is 48.7 Å². The monoisotopic (exact) mass is 406 g/mol. The van der Waals surface area contributed by atoms with Crippen LogP contribution in [0.5, 0.6) is 0 Å². The van der Waals surface area contributed by atoms with Crippen molar-refractivity contribution in [2.24, 2.45) is 22.8 Å². The van der Waals surface area contributed by atoms with Crippen molar-refractivity contribution in [3.63, 3.8) is 0 Å². The van der Waals surface area contributed by atoms with E-state index in [0.717, 1.165) is 11.1 Å². The van der Waals surface area contributed by atoms with Crippen molar-refractivity contribution in [2.45, 2.75) is 37.6 Å². The summed E-state index contributed by atoms with van der Waals surface area (Å²) < 4.78 is 0. The van der Waals surface area contributed by atoms with Crippen molar-refractivity contribution in [3.8, 4) is 0 Å². The number of allylic oxidation sites excluding steroid dienone is 2. The molecule has 1 aromatic heterocycles. The molecule has 1 saturated carbocycles. The Kier molecular flexibility index (Phi) is 5.28. The number of carbonyl (C=O) groups excluding carboxylic acids is 2. The number of H-pyrrole nitrogens is 1. The Bertz CT molecular complexity index is 1030. The topological polar surface area (TPSA) is 105 Å². The zero-order valence-corrected chi connectivity index (χ0v) is 17.6. The summed E-state index contributed by atoms with van der Waals surface area (Å²) in [7, 11) is 4.27. The minimum Gasteiger partial charge on any atom is -0.369 e. The fourth-order valence-electron chi connectivity index (χ4n) is 4.92. The summed E-state index contributed by atoms with van der Waals surface area (Å²) in [5, 5.41) is 1.24. The van der Waals surface area contributed by atoms with Gasteiger partial charge >= 0.3 is 0 Å². The normalized spacial score (nSPS) is 28.0. The van der Waals surface area contributed by atoms with Crippen LogP contribution < -0.4 is 11.5 Å². The smallest absolute Gasteiger partial charge is 0.228 e. The Morgan fingerprint density at radius 3 is 2.63 bits per heavy atom. The molecule has 2 aliphatic carbocycles. The second kappa shape index (κ2) is 7.76. The molecular weight excluding hydrogens is 376 g/mol. The van der Waals surface area contributed by atoms with Crippen LogP contribution >= 0.6 is 0 Å². The lowest BCUT2D eigenvalue weighted by Crippen LogP contribution is -2.47. The molecule has 0 saturated heterocycles. The number of aromatic amines is 1. The van der Waals surface area contributed by atoms with Crippen molar-refractivity contribution in [1.29, 1.82) is 0 Å². The zero-order chi connectivity index (χ0) is 21.5. The molecule has 158 valence electrons. The summed E-state index contributed by atoms with van der Waals surface area (Å²) in [5.41, 5.74) is 13.9. The van der Waals surface area contributed by atoms with Gasteiger partial charge in [0.15, 0.2) is 0 Å². The molecule has 5 N–H and O–H groups in total. The molecule has 1 fully saturated rings. The highest BCUT2D eigenvalue weighted by molar-refractivity contribution is 5.92. The number of rotatable bonds is 7. The zero-order valence-electron chi connectivity index (χ0n) is 17.6. The first-order chi connectivity index (χ1) is 14.3. The second-order valence-corrected chi connectivity index (χ2v) is 8.94. The molecule has 2 amide bonds. The number of nitrogens with one attached hydrogen (secondary N) is 1. The van der Waals surface area contributed by atoms with Crippen LogP contribution in [0.3, 0.4) is 0 Å². The molecule has 1 aromatic carbocycles. The number of nitrogens with zero attached hydrogens (tertiary/aromatic N) is 1. The number of aryl methyl sites for hydroxylation is 1. The molecule has 30 heavy (non-hydrogen) atoms. The lowest BCUT2D eigenvalue weighted by Gasteiger charge is -2.39. The number of hydrogen-bond donors (Lipinski definition) is 3. The Morgan fingerprint density at radius 1 is 1.20 bits per heavy atom. The molecule has 2 unspecified atom stereocenters. The first kappa shape index (κ1) is 20.4. The fourth-order valence-corrected chi connectivity index (χ4v) is 4.92. The summed E-state index contributed by atoms with van der Waals surface area (Å²) in [5.74, 6) is -1.19. The number of fused-ring (bicyclic) bond motifs is 1. The molecular formula is C24H30N4O2. The quantitative estimate of drug-likeness (QED) is 0.658. The summed E-state index contributed by atoms with van der Waals surface area (Å²) >= 11 is 0. The van der Waals surface area contributed by atoms with Crippen molar-refractivity contribution in [2.75, 3.05) is 14.1 Å². The number of amides is 2. The van der Waals surface area contributed by atoms with Gasteiger partial charge in [0.05, 0.1) is 11.3 Å². The van der Waals surface area contributed by atoms with Gasteiger partial charge in [-0.2, -0.15) is 0 Å². The lowest BCUT2D eigenvalue weighted by atomic mass is 9.68. The van der Waals surface area contributed by atoms with Gasteiger partial charge in [-0.25, -0.2) is 0 Å². The van der Waals surface area contributed by atoms with Crippen LogP contribution in [0.2, 0.25) is 0 Å². The molecule has 6 nitrogen and oxygen atoms in total. The largest absolute Gasteiger partial charge is 0.369 e. The molecule has 0 spiro atoms. The molecule has 4 rings (SSSR count). The van der Waals surface area contributed by atoms with Gasteiger partial charge in [-0.05, 0) is 69.0 Å². The van der Waals surface area contributed by atoms with E-state index in [-0.39, 0.29) is 0 Å². The third kappa shape index (κ3) is 3.45. The number of carbonyl (C=O) groups is 2. The predicted molar refractivity (Wildman–Crippen MR) is 119 cm³/mol. The van der Waals surface area contributed by atoms with Crippen molar-refractivity contribution in [1.82, 2.24) is 9.88 Å². The van der Waals surface area contributed by atoms with Crippen LogP contribution in [0, 0.1) is 11.3 Å². The molecule has 6 heteroatoms. The van der Waals surface area contributed by atoms with Crippen LogP contribution in [0.1, 0.15) is 36.3 Å². The highest BCUT2D eigenvalue weighted by Gasteiger charge is 2.44. The first-order valence-electron chi connectivity index (χ1n) is 10.5. The minimum atomic E-state index is -1.08. The maximum Gasteiger partial charge on any atom is 0.228 e. The molecule has 2 atom stereocenters. The van der Waals surface area contributed by atoms with E-state index in [2.05, 4.69) is 48.4 Å². The van der Waals surface area contributed by atoms with Crippen LogP contribution in [0.4, 0.5) is 0 Å². The van der Waals surface area contributed by atoms with E-state index in [4.69, 9.17) is 11.5 Å². The molecule has 1 heterocycles. The summed E-state index contributed by atoms with van der Waals surface area (Å²) in [4.78, 5) is 30.0. The number of benzene rings is 1. The van der Waals surface area contributed by atoms with E-state index < -0.39 is 23.1 Å². The average molecular weight is 407 g/mol. The Labute approximate surface area is 177 Å². The SMILES string of the molecule is CN(C)C1CC(c2c[nH]c3ccc(CCC4(C(N)=O)C=CC=CC4C(N)=O)cc23)C1.